The fourth-order valence-electron chi connectivity index (χ4n) is 3.15. The predicted molar refractivity (Wildman–Crippen MR) is 91.4 cm³/mol. The Kier molecular flexibility index (Phi) is 4.21. The van der Waals surface area contributed by atoms with E-state index in [0.29, 0.717) is 6.04 Å². The standard InChI is InChI=1S/C19H22ClN/c1-3-15-8-10-16(11-9-15)18(20)13-21-14(2)12-17-6-4-5-7-19(17)21/h4-11,14,18H,3,12-13H2,1-2H3. The number of aryl methyl sites for hydroxylation is 1. The van der Waals surface area contributed by atoms with E-state index in [-0.39, 0.29) is 5.38 Å². The summed E-state index contributed by atoms with van der Waals surface area (Å²) in [5.41, 5.74) is 5.36. The normalized spacial score (nSPS) is 18.6. The molecule has 0 spiro atoms. The monoisotopic (exact) mass is 299 g/mol. The van der Waals surface area contributed by atoms with E-state index in [1.165, 1.54) is 22.4 Å². The van der Waals surface area contributed by atoms with E-state index in [1.807, 2.05) is 0 Å². The van der Waals surface area contributed by atoms with Crippen LogP contribution in [0.5, 0.6) is 0 Å². The Hall–Kier alpha value is -1.47. The highest BCUT2D eigenvalue weighted by Gasteiger charge is 2.27. The summed E-state index contributed by atoms with van der Waals surface area (Å²) in [5.74, 6) is 0. The van der Waals surface area contributed by atoms with Gasteiger partial charge in [-0.1, -0.05) is 49.4 Å². The molecule has 0 saturated carbocycles. The van der Waals surface area contributed by atoms with Crippen LogP contribution in [0.3, 0.4) is 0 Å². The third kappa shape index (κ3) is 2.94. The largest absolute Gasteiger partial charge is 0.366 e. The first kappa shape index (κ1) is 14.5. The summed E-state index contributed by atoms with van der Waals surface area (Å²) in [4.78, 5) is 2.45. The van der Waals surface area contributed by atoms with Crippen LogP contribution in [-0.2, 0) is 12.8 Å². The molecule has 2 unspecified atom stereocenters. The van der Waals surface area contributed by atoms with Gasteiger partial charge in [0.25, 0.3) is 0 Å². The lowest BCUT2D eigenvalue weighted by Gasteiger charge is -2.27. The summed E-state index contributed by atoms with van der Waals surface area (Å²) in [7, 11) is 0. The number of hydrogen-bond acceptors (Lipinski definition) is 1. The third-order valence-electron chi connectivity index (χ3n) is 4.46. The van der Waals surface area contributed by atoms with Gasteiger partial charge in [0.05, 0.1) is 5.38 Å². The van der Waals surface area contributed by atoms with Gasteiger partial charge in [-0.25, -0.2) is 0 Å². The fraction of sp³-hybridized carbons (Fsp3) is 0.368. The molecule has 0 aromatic heterocycles. The van der Waals surface area contributed by atoms with Crippen molar-refractivity contribution in [2.75, 3.05) is 11.4 Å². The zero-order valence-electron chi connectivity index (χ0n) is 12.7. The van der Waals surface area contributed by atoms with Crippen LogP contribution in [0.25, 0.3) is 0 Å². The van der Waals surface area contributed by atoms with E-state index in [4.69, 9.17) is 11.6 Å². The molecule has 2 aromatic carbocycles. The molecular formula is C19H22ClN. The van der Waals surface area contributed by atoms with Gasteiger partial charge in [-0.05, 0) is 42.5 Å². The molecule has 0 N–H and O–H groups in total. The first-order chi connectivity index (χ1) is 10.2. The lowest BCUT2D eigenvalue weighted by Crippen LogP contribution is -2.32. The first-order valence-electron chi connectivity index (χ1n) is 7.76. The smallest absolute Gasteiger partial charge is 0.0760 e. The predicted octanol–water partition coefficient (Wildman–Crippen LogP) is 4.98. The number of nitrogens with zero attached hydrogens (tertiary/aromatic N) is 1. The molecule has 0 radical (unpaired) electrons. The molecule has 0 saturated heterocycles. The van der Waals surface area contributed by atoms with Crippen LogP contribution in [-0.4, -0.2) is 12.6 Å². The molecule has 0 bridgehead atoms. The molecule has 3 rings (SSSR count). The molecular weight excluding hydrogens is 278 g/mol. The maximum atomic E-state index is 6.67. The number of alkyl halides is 1. The van der Waals surface area contributed by atoms with Crippen LogP contribution < -0.4 is 4.90 Å². The second-order valence-corrected chi connectivity index (χ2v) is 6.42. The van der Waals surface area contributed by atoms with Crippen LogP contribution >= 0.6 is 11.6 Å². The van der Waals surface area contributed by atoms with Gasteiger partial charge in [-0.3, -0.25) is 0 Å². The summed E-state index contributed by atoms with van der Waals surface area (Å²) < 4.78 is 0. The van der Waals surface area contributed by atoms with Gasteiger partial charge >= 0.3 is 0 Å². The van der Waals surface area contributed by atoms with Crippen molar-refractivity contribution in [3.63, 3.8) is 0 Å². The number of halogens is 1. The highest BCUT2D eigenvalue weighted by Crippen LogP contribution is 2.34. The Morgan fingerprint density at radius 3 is 2.57 bits per heavy atom. The quantitative estimate of drug-likeness (QED) is 0.720. The zero-order valence-corrected chi connectivity index (χ0v) is 13.5. The van der Waals surface area contributed by atoms with Gasteiger partial charge < -0.3 is 4.90 Å². The maximum Gasteiger partial charge on any atom is 0.0760 e. The van der Waals surface area contributed by atoms with E-state index in [0.717, 1.165) is 19.4 Å². The molecule has 1 nitrogen and oxygen atoms in total. The molecule has 2 aromatic rings. The zero-order chi connectivity index (χ0) is 14.8. The van der Waals surface area contributed by atoms with Crippen molar-refractivity contribution in [1.82, 2.24) is 0 Å². The highest BCUT2D eigenvalue weighted by atomic mass is 35.5. The minimum absolute atomic E-state index is 0.0320. The average molecular weight is 300 g/mol. The Balaban J connectivity index is 1.76. The topological polar surface area (TPSA) is 3.24 Å². The Morgan fingerprint density at radius 2 is 1.86 bits per heavy atom. The second kappa shape index (κ2) is 6.11. The number of rotatable bonds is 4. The van der Waals surface area contributed by atoms with Crippen molar-refractivity contribution >= 4 is 17.3 Å². The number of fused-ring (bicyclic) bond motifs is 1. The summed E-state index contributed by atoms with van der Waals surface area (Å²) in [6, 6.07) is 17.9. The van der Waals surface area contributed by atoms with Gasteiger partial charge in [0, 0.05) is 18.3 Å². The number of hydrogen-bond donors (Lipinski definition) is 0. The average Bonchev–Trinajstić information content (AvgIpc) is 2.83. The Morgan fingerprint density at radius 1 is 1.14 bits per heavy atom. The fourth-order valence-corrected chi connectivity index (χ4v) is 3.44. The van der Waals surface area contributed by atoms with Crippen molar-refractivity contribution in [2.24, 2.45) is 0 Å². The van der Waals surface area contributed by atoms with Gasteiger partial charge in [0.15, 0.2) is 0 Å². The molecule has 1 aliphatic heterocycles. The lowest BCUT2D eigenvalue weighted by molar-refractivity contribution is 0.662. The number of anilines is 1. The number of para-hydroxylation sites is 1. The molecule has 21 heavy (non-hydrogen) atoms. The molecule has 2 heteroatoms. The van der Waals surface area contributed by atoms with Crippen molar-refractivity contribution in [1.29, 1.82) is 0 Å². The van der Waals surface area contributed by atoms with Crippen molar-refractivity contribution in [2.45, 2.75) is 38.1 Å². The molecule has 0 fully saturated rings. The maximum absolute atomic E-state index is 6.67. The molecule has 2 atom stereocenters. The summed E-state index contributed by atoms with van der Waals surface area (Å²) in [6.07, 6.45) is 2.19. The van der Waals surface area contributed by atoms with Crippen LogP contribution in [0.1, 0.15) is 35.9 Å². The third-order valence-corrected chi connectivity index (χ3v) is 4.85. The lowest BCUT2D eigenvalue weighted by atomic mass is 10.1. The molecule has 110 valence electrons. The van der Waals surface area contributed by atoms with Crippen LogP contribution in [0.15, 0.2) is 48.5 Å². The minimum Gasteiger partial charge on any atom is -0.366 e. The van der Waals surface area contributed by atoms with Gasteiger partial charge in [-0.2, -0.15) is 0 Å². The van der Waals surface area contributed by atoms with Crippen molar-refractivity contribution in [3.05, 3.63) is 65.2 Å². The van der Waals surface area contributed by atoms with Crippen LogP contribution in [0.2, 0.25) is 0 Å². The molecule has 1 aliphatic rings. The van der Waals surface area contributed by atoms with E-state index in [9.17, 15) is 0 Å². The Bertz CT molecular complexity index is 605. The number of benzene rings is 2. The molecule has 0 amide bonds. The Labute approximate surface area is 132 Å². The summed E-state index contributed by atoms with van der Waals surface area (Å²) >= 11 is 6.67. The summed E-state index contributed by atoms with van der Waals surface area (Å²) in [5, 5.41) is 0.0320. The highest BCUT2D eigenvalue weighted by molar-refractivity contribution is 6.21. The van der Waals surface area contributed by atoms with Crippen molar-refractivity contribution < 1.29 is 0 Å². The van der Waals surface area contributed by atoms with Crippen LogP contribution in [0.4, 0.5) is 5.69 Å². The first-order valence-corrected chi connectivity index (χ1v) is 8.20. The van der Waals surface area contributed by atoms with E-state index < -0.39 is 0 Å². The van der Waals surface area contributed by atoms with Crippen LogP contribution in [0, 0.1) is 0 Å². The molecule has 0 aliphatic carbocycles. The summed E-state index contributed by atoms with van der Waals surface area (Å²) in [6.45, 7) is 5.32. The minimum atomic E-state index is 0.0320. The second-order valence-electron chi connectivity index (χ2n) is 5.90. The van der Waals surface area contributed by atoms with Gasteiger partial charge in [0.1, 0.15) is 0 Å². The molecule has 1 heterocycles. The van der Waals surface area contributed by atoms with Gasteiger partial charge in [-0.15, -0.1) is 11.6 Å². The van der Waals surface area contributed by atoms with Gasteiger partial charge in [0.2, 0.25) is 0 Å². The van der Waals surface area contributed by atoms with E-state index in [2.05, 4.69) is 67.3 Å². The van der Waals surface area contributed by atoms with E-state index in [1.54, 1.807) is 0 Å². The SMILES string of the molecule is CCc1ccc(C(Cl)CN2c3ccccc3CC2C)cc1. The van der Waals surface area contributed by atoms with E-state index >= 15 is 0 Å². The van der Waals surface area contributed by atoms with Crippen molar-refractivity contribution in [3.8, 4) is 0 Å².